The molecule has 1 saturated heterocycles. The molecule has 1 unspecified atom stereocenters. The van der Waals surface area contributed by atoms with Crippen LogP contribution in [0.1, 0.15) is 53.4 Å². The normalized spacial score (nSPS) is 19.7. The SMILES string of the molecule is Cc1ccc(C2CC(=O)C2)cc1.Cc1ccc(C2COC(=O)C2)cc1. The summed E-state index contributed by atoms with van der Waals surface area (Å²) in [5.41, 5.74) is 5.05. The van der Waals surface area contributed by atoms with Crippen molar-refractivity contribution in [2.75, 3.05) is 6.61 Å². The molecule has 0 N–H and O–H groups in total. The number of carbonyl (C=O) groups excluding carboxylic acids is 2. The first-order chi connectivity index (χ1) is 12.0. The molecule has 1 heterocycles. The zero-order chi connectivity index (χ0) is 17.8. The van der Waals surface area contributed by atoms with Crippen LogP contribution in [0.25, 0.3) is 0 Å². The number of hydrogen-bond acceptors (Lipinski definition) is 3. The highest BCUT2D eigenvalue weighted by Crippen LogP contribution is 2.33. The first kappa shape index (κ1) is 17.4. The van der Waals surface area contributed by atoms with E-state index in [-0.39, 0.29) is 11.9 Å². The Hall–Kier alpha value is -2.42. The van der Waals surface area contributed by atoms with Gasteiger partial charge >= 0.3 is 5.97 Å². The van der Waals surface area contributed by atoms with Gasteiger partial charge in [0.1, 0.15) is 5.78 Å². The summed E-state index contributed by atoms with van der Waals surface area (Å²) in [5, 5.41) is 0. The second-order valence-electron chi connectivity index (χ2n) is 7.05. The number of rotatable bonds is 2. The predicted molar refractivity (Wildman–Crippen MR) is 97.7 cm³/mol. The molecule has 3 heteroatoms. The van der Waals surface area contributed by atoms with E-state index in [4.69, 9.17) is 4.74 Å². The summed E-state index contributed by atoms with van der Waals surface area (Å²) < 4.78 is 4.91. The molecule has 1 aliphatic heterocycles. The van der Waals surface area contributed by atoms with Crippen LogP contribution in [0.5, 0.6) is 0 Å². The fraction of sp³-hybridized carbons (Fsp3) is 0.364. The Balaban J connectivity index is 0.000000146. The van der Waals surface area contributed by atoms with Crippen molar-refractivity contribution < 1.29 is 14.3 Å². The van der Waals surface area contributed by atoms with Crippen molar-refractivity contribution in [2.45, 2.75) is 44.9 Å². The third-order valence-corrected chi connectivity index (χ3v) is 4.90. The van der Waals surface area contributed by atoms with Crippen LogP contribution in [-0.4, -0.2) is 18.4 Å². The number of ketones is 1. The first-order valence-corrected chi connectivity index (χ1v) is 8.81. The zero-order valence-corrected chi connectivity index (χ0v) is 14.8. The van der Waals surface area contributed by atoms with E-state index in [2.05, 4.69) is 62.4 Å². The topological polar surface area (TPSA) is 43.4 Å². The maximum Gasteiger partial charge on any atom is 0.306 e. The maximum absolute atomic E-state index is 10.9. The number of hydrogen-bond donors (Lipinski definition) is 0. The molecule has 1 aliphatic carbocycles. The van der Waals surface area contributed by atoms with Crippen molar-refractivity contribution >= 4 is 11.8 Å². The van der Waals surface area contributed by atoms with Crippen molar-refractivity contribution in [1.82, 2.24) is 0 Å². The van der Waals surface area contributed by atoms with Gasteiger partial charge < -0.3 is 4.74 Å². The van der Waals surface area contributed by atoms with Gasteiger partial charge in [-0.3, -0.25) is 9.59 Å². The molecule has 25 heavy (non-hydrogen) atoms. The van der Waals surface area contributed by atoms with Crippen LogP contribution >= 0.6 is 0 Å². The molecule has 3 nitrogen and oxygen atoms in total. The lowest BCUT2D eigenvalue weighted by Gasteiger charge is -2.24. The number of benzene rings is 2. The molecule has 2 aliphatic rings. The number of Topliss-reactive ketones (excluding diaryl/α,β-unsaturated/α-hetero) is 1. The summed E-state index contributed by atoms with van der Waals surface area (Å²) in [6, 6.07) is 16.8. The third kappa shape index (κ3) is 4.56. The van der Waals surface area contributed by atoms with Crippen molar-refractivity contribution in [3.05, 3.63) is 70.8 Å². The van der Waals surface area contributed by atoms with Gasteiger partial charge in [0, 0.05) is 18.8 Å². The molecule has 1 saturated carbocycles. The Morgan fingerprint density at radius 2 is 1.20 bits per heavy atom. The summed E-state index contributed by atoms with van der Waals surface area (Å²) in [4.78, 5) is 21.6. The van der Waals surface area contributed by atoms with Gasteiger partial charge in [-0.2, -0.15) is 0 Å². The molecule has 0 aromatic heterocycles. The number of esters is 1. The maximum atomic E-state index is 10.9. The minimum atomic E-state index is -0.0782. The van der Waals surface area contributed by atoms with Gasteiger partial charge in [0.15, 0.2) is 0 Å². The molecule has 0 radical (unpaired) electrons. The van der Waals surface area contributed by atoms with E-state index < -0.39 is 0 Å². The minimum Gasteiger partial charge on any atom is -0.465 e. The van der Waals surface area contributed by atoms with Crippen LogP contribution in [-0.2, 0) is 14.3 Å². The standard InChI is InChI=1S/C11H12O2.C11H12O/c1-8-2-4-9(5-3-8)10-6-11(12)13-7-10;1-8-2-4-9(5-3-8)10-6-11(12)7-10/h2-5,10H,6-7H2,1H3;2-5,10H,6-7H2,1H3. The van der Waals surface area contributed by atoms with Crippen molar-refractivity contribution in [2.24, 2.45) is 0 Å². The number of cyclic esters (lactones) is 1. The Kier molecular flexibility index (Phi) is 5.32. The second-order valence-corrected chi connectivity index (χ2v) is 7.05. The highest BCUT2D eigenvalue weighted by molar-refractivity contribution is 5.86. The monoisotopic (exact) mass is 336 g/mol. The van der Waals surface area contributed by atoms with Crippen molar-refractivity contribution in [3.63, 3.8) is 0 Å². The molecular formula is C22H24O3. The molecule has 4 rings (SSSR count). The lowest BCUT2D eigenvalue weighted by atomic mass is 9.79. The minimum absolute atomic E-state index is 0.0782. The molecular weight excluding hydrogens is 312 g/mol. The van der Waals surface area contributed by atoms with E-state index in [1.165, 1.54) is 22.3 Å². The van der Waals surface area contributed by atoms with E-state index in [9.17, 15) is 9.59 Å². The molecule has 2 fully saturated rings. The smallest absolute Gasteiger partial charge is 0.306 e. The molecule has 1 atom stereocenters. The number of ether oxygens (including phenoxy) is 1. The lowest BCUT2D eigenvalue weighted by Crippen LogP contribution is -2.20. The summed E-state index contributed by atoms with van der Waals surface area (Å²) in [5.74, 6) is 1.11. The van der Waals surface area contributed by atoms with Gasteiger partial charge in [0.25, 0.3) is 0 Å². The lowest BCUT2D eigenvalue weighted by molar-refractivity contribution is -0.138. The van der Waals surface area contributed by atoms with E-state index in [0.717, 1.165) is 12.8 Å². The molecule has 2 aromatic carbocycles. The highest BCUT2D eigenvalue weighted by atomic mass is 16.5. The van der Waals surface area contributed by atoms with Gasteiger partial charge in [-0.1, -0.05) is 59.7 Å². The average molecular weight is 336 g/mol. The fourth-order valence-electron chi connectivity index (χ4n) is 3.13. The van der Waals surface area contributed by atoms with E-state index in [1.54, 1.807) is 0 Å². The summed E-state index contributed by atoms with van der Waals surface area (Å²) in [6.07, 6.45) is 2.04. The Morgan fingerprint density at radius 1 is 0.720 bits per heavy atom. The summed E-state index contributed by atoms with van der Waals surface area (Å²) in [6.45, 7) is 4.68. The van der Waals surface area contributed by atoms with Gasteiger partial charge in [0.2, 0.25) is 0 Å². The van der Waals surface area contributed by atoms with Crippen LogP contribution in [0, 0.1) is 13.8 Å². The van der Waals surface area contributed by atoms with E-state index in [0.29, 0.717) is 24.7 Å². The molecule has 130 valence electrons. The Bertz CT molecular complexity index is 736. The number of aryl methyl sites for hydroxylation is 2. The van der Waals surface area contributed by atoms with Gasteiger partial charge in [-0.15, -0.1) is 0 Å². The fourth-order valence-corrected chi connectivity index (χ4v) is 3.13. The molecule has 0 bridgehead atoms. The Labute approximate surface area is 149 Å². The number of carbonyl (C=O) groups is 2. The molecule has 0 amide bonds. The third-order valence-electron chi connectivity index (χ3n) is 4.90. The molecule has 2 aromatic rings. The summed E-state index contributed by atoms with van der Waals surface area (Å²) >= 11 is 0. The van der Waals surface area contributed by atoms with Crippen molar-refractivity contribution in [3.8, 4) is 0 Å². The quantitative estimate of drug-likeness (QED) is 0.760. The van der Waals surface area contributed by atoms with Crippen molar-refractivity contribution in [1.29, 1.82) is 0 Å². The Morgan fingerprint density at radius 3 is 1.60 bits per heavy atom. The average Bonchev–Trinajstić information content (AvgIpc) is 3.01. The zero-order valence-electron chi connectivity index (χ0n) is 14.8. The first-order valence-electron chi connectivity index (χ1n) is 8.81. The van der Waals surface area contributed by atoms with Crippen LogP contribution < -0.4 is 0 Å². The van der Waals surface area contributed by atoms with E-state index in [1.807, 2.05) is 0 Å². The highest BCUT2D eigenvalue weighted by Gasteiger charge is 2.27. The largest absolute Gasteiger partial charge is 0.465 e. The van der Waals surface area contributed by atoms with Crippen LogP contribution in [0.4, 0.5) is 0 Å². The van der Waals surface area contributed by atoms with E-state index >= 15 is 0 Å². The predicted octanol–water partition coefficient (Wildman–Crippen LogP) is 4.47. The van der Waals surface area contributed by atoms with Crippen LogP contribution in [0.2, 0.25) is 0 Å². The summed E-state index contributed by atoms with van der Waals surface area (Å²) in [7, 11) is 0. The van der Waals surface area contributed by atoms with Crippen LogP contribution in [0.15, 0.2) is 48.5 Å². The second kappa shape index (κ2) is 7.64. The van der Waals surface area contributed by atoms with Gasteiger partial charge in [0.05, 0.1) is 13.0 Å². The van der Waals surface area contributed by atoms with Gasteiger partial charge in [-0.25, -0.2) is 0 Å². The molecule has 0 spiro atoms. The van der Waals surface area contributed by atoms with Gasteiger partial charge in [-0.05, 0) is 30.9 Å². The van der Waals surface area contributed by atoms with Crippen LogP contribution in [0.3, 0.4) is 0 Å².